The maximum atomic E-state index is 12.5. The number of nitrogens with zero attached hydrogens (tertiary/aromatic N) is 2. The summed E-state index contributed by atoms with van der Waals surface area (Å²) in [4.78, 5) is 19.7. The lowest BCUT2D eigenvalue weighted by Crippen LogP contribution is -2.40. The van der Waals surface area contributed by atoms with Gasteiger partial charge >= 0.3 is 0 Å². The van der Waals surface area contributed by atoms with Gasteiger partial charge in [0, 0.05) is 17.6 Å². The summed E-state index contributed by atoms with van der Waals surface area (Å²) >= 11 is 3.11. The van der Waals surface area contributed by atoms with Crippen molar-refractivity contribution in [2.75, 3.05) is 0 Å². The topological polar surface area (TPSA) is 46.4 Å². The van der Waals surface area contributed by atoms with Crippen molar-refractivity contribution >= 4 is 43.9 Å². The SMILES string of the molecule is CC1CCCCC1NC(=O)c1cc2c(nc3sccn32)s1. The average Bonchev–Trinajstić information content (AvgIpc) is 3.12. The summed E-state index contributed by atoms with van der Waals surface area (Å²) in [6, 6.07) is 2.29. The summed E-state index contributed by atoms with van der Waals surface area (Å²) in [7, 11) is 0. The lowest BCUT2D eigenvalue weighted by Gasteiger charge is -2.29. The predicted molar refractivity (Wildman–Crippen MR) is 87.3 cm³/mol. The first kappa shape index (κ1) is 13.3. The second kappa shape index (κ2) is 5.10. The van der Waals surface area contributed by atoms with E-state index in [2.05, 4.69) is 21.6 Å². The molecule has 0 spiro atoms. The maximum absolute atomic E-state index is 12.5. The van der Waals surface area contributed by atoms with Crippen molar-refractivity contribution in [3.63, 3.8) is 0 Å². The van der Waals surface area contributed by atoms with E-state index in [1.54, 1.807) is 11.3 Å². The van der Waals surface area contributed by atoms with Crippen molar-refractivity contribution in [3.05, 3.63) is 22.5 Å². The van der Waals surface area contributed by atoms with Gasteiger partial charge in [0.2, 0.25) is 0 Å². The Morgan fingerprint density at radius 1 is 1.43 bits per heavy atom. The number of hydrogen-bond donors (Lipinski definition) is 1. The molecule has 0 bridgehead atoms. The van der Waals surface area contributed by atoms with Crippen molar-refractivity contribution in [1.82, 2.24) is 14.7 Å². The third-order valence-corrected chi connectivity index (χ3v) is 6.17. The van der Waals surface area contributed by atoms with E-state index < -0.39 is 0 Å². The van der Waals surface area contributed by atoms with Gasteiger partial charge in [-0.1, -0.05) is 19.8 Å². The summed E-state index contributed by atoms with van der Waals surface area (Å²) in [6.07, 6.45) is 6.84. The van der Waals surface area contributed by atoms with E-state index in [-0.39, 0.29) is 5.91 Å². The van der Waals surface area contributed by atoms with Crippen LogP contribution in [0.25, 0.3) is 15.3 Å². The van der Waals surface area contributed by atoms with Crippen LogP contribution in [-0.4, -0.2) is 21.3 Å². The summed E-state index contributed by atoms with van der Waals surface area (Å²) in [6.45, 7) is 2.24. The van der Waals surface area contributed by atoms with E-state index in [4.69, 9.17) is 0 Å². The summed E-state index contributed by atoms with van der Waals surface area (Å²) < 4.78 is 2.05. The fraction of sp³-hybridized carbons (Fsp3) is 0.467. The molecule has 110 valence electrons. The summed E-state index contributed by atoms with van der Waals surface area (Å²) in [5, 5.41) is 5.23. The number of aromatic nitrogens is 2. The molecule has 0 aromatic carbocycles. The number of rotatable bonds is 2. The molecule has 1 aliphatic carbocycles. The molecule has 21 heavy (non-hydrogen) atoms. The minimum absolute atomic E-state index is 0.0562. The largest absolute Gasteiger partial charge is 0.348 e. The number of hydrogen-bond acceptors (Lipinski definition) is 4. The van der Waals surface area contributed by atoms with Crippen molar-refractivity contribution in [3.8, 4) is 0 Å². The van der Waals surface area contributed by atoms with Crippen molar-refractivity contribution in [2.24, 2.45) is 5.92 Å². The minimum atomic E-state index is 0.0562. The summed E-state index contributed by atoms with van der Waals surface area (Å²) in [5.41, 5.74) is 1.04. The highest BCUT2D eigenvalue weighted by molar-refractivity contribution is 7.21. The van der Waals surface area contributed by atoms with E-state index in [1.807, 2.05) is 17.6 Å². The Kier molecular flexibility index (Phi) is 3.23. The quantitative estimate of drug-likeness (QED) is 0.778. The molecule has 1 N–H and O–H groups in total. The Bertz CT molecular complexity index is 800. The number of thiazole rings is 1. The van der Waals surface area contributed by atoms with Crippen LogP contribution in [-0.2, 0) is 0 Å². The molecule has 3 heterocycles. The van der Waals surface area contributed by atoms with Crippen molar-refractivity contribution < 1.29 is 4.79 Å². The molecule has 1 aliphatic rings. The fourth-order valence-electron chi connectivity index (χ4n) is 3.13. The zero-order valence-electron chi connectivity index (χ0n) is 11.8. The predicted octanol–water partition coefficient (Wildman–Crippen LogP) is 3.92. The standard InChI is InChI=1S/C15H17N3OS2/c1-9-4-2-3-5-10(9)16-13(19)12-8-11-14(21-12)17-15-18(11)6-7-20-15/h6-10H,2-5H2,1H3,(H,16,19). The van der Waals surface area contributed by atoms with Crippen LogP contribution in [0.4, 0.5) is 0 Å². The van der Waals surface area contributed by atoms with Gasteiger partial charge in [-0.05, 0) is 24.8 Å². The van der Waals surface area contributed by atoms with Crippen molar-refractivity contribution in [2.45, 2.75) is 38.6 Å². The first-order chi connectivity index (χ1) is 10.2. The number of carbonyl (C=O) groups excluding carboxylic acids is 1. The van der Waals surface area contributed by atoms with Crippen LogP contribution in [0.2, 0.25) is 0 Å². The van der Waals surface area contributed by atoms with Crippen LogP contribution in [0.5, 0.6) is 0 Å². The molecular formula is C15H17N3OS2. The first-order valence-electron chi connectivity index (χ1n) is 7.38. The molecule has 0 saturated heterocycles. The van der Waals surface area contributed by atoms with E-state index in [0.29, 0.717) is 12.0 Å². The molecule has 3 aromatic rings. The smallest absolute Gasteiger partial charge is 0.261 e. The normalized spacial score (nSPS) is 22.9. The van der Waals surface area contributed by atoms with Crippen LogP contribution in [0, 0.1) is 5.92 Å². The fourth-order valence-corrected chi connectivity index (χ4v) is 4.83. The highest BCUT2D eigenvalue weighted by Crippen LogP contribution is 2.29. The molecular weight excluding hydrogens is 302 g/mol. The highest BCUT2D eigenvalue weighted by Gasteiger charge is 2.24. The Hall–Kier alpha value is -1.40. The van der Waals surface area contributed by atoms with Gasteiger partial charge in [-0.25, -0.2) is 4.98 Å². The van der Waals surface area contributed by atoms with Crippen LogP contribution < -0.4 is 5.32 Å². The van der Waals surface area contributed by atoms with E-state index in [1.165, 1.54) is 30.6 Å². The molecule has 1 saturated carbocycles. The molecule has 1 amide bonds. The molecule has 3 aromatic heterocycles. The minimum Gasteiger partial charge on any atom is -0.348 e. The molecule has 4 rings (SSSR count). The van der Waals surface area contributed by atoms with E-state index in [9.17, 15) is 4.79 Å². The zero-order chi connectivity index (χ0) is 14.4. The monoisotopic (exact) mass is 319 g/mol. The van der Waals surface area contributed by atoms with Crippen LogP contribution in [0.15, 0.2) is 17.6 Å². The second-order valence-corrected chi connectivity index (χ2v) is 7.71. The van der Waals surface area contributed by atoms with E-state index in [0.717, 1.165) is 26.6 Å². The third kappa shape index (κ3) is 2.26. The number of amides is 1. The maximum Gasteiger partial charge on any atom is 0.261 e. The molecule has 4 nitrogen and oxygen atoms in total. The number of thiophene rings is 1. The average molecular weight is 319 g/mol. The molecule has 2 atom stereocenters. The van der Waals surface area contributed by atoms with Gasteiger partial charge < -0.3 is 5.32 Å². The van der Waals surface area contributed by atoms with Gasteiger partial charge in [-0.3, -0.25) is 9.20 Å². The van der Waals surface area contributed by atoms with Gasteiger partial charge in [-0.2, -0.15) is 0 Å². The van der Waals surface area contributed by atoms with Crippen LogP contribution >= 0.6 is 22.7 Å². The Balaban J connectivity index is 1.59. The summed E-state index contributed by atoms with van der Waals surface area (Å²) in [5.74, 6) is 0.637. The van der Waals surface area contributed by atoms with Gasteiger partial charge in [0.1, 0.15) is 4.83 Å². The third-order valence-electron chi connectivity index (χ3n) is 4.39. The number of imidazole rings is 1. The molecule has 1 fully saturated rings. The highest BCUT2D eigenvalue weighted by atomic mass is 32.1. The van der Waals surface area contributed by atoms with Crippen LogP contribution in [0.3, 0.4) is 0 Å². The van der Waals surface area contributed by atoms with Gasteiger partial charge in [-0.15, -0.1) is 22.7 Å². The first-order valence-corrected chi connectivity index (χ1v) is 9.08. The second-order valence-electron chi connectivity index (χ2n) is 5.81. The van der Waals surface area contributed by atoms with Gasteiger partial charge in [0.25, 0.3) is 5.91 Å². The lowest BCUT2D eigenvalue weighted by atomic mass is 9.86. The van der Waals surface area contributed by atoms with Crippen LogP contribution in [0.1, 0.15) is 42.3 Å². The van der Waals surface area contributed by atoms with Gasteiger partial charge in [0.15, 0.2) is 4.96 Å². The van der Waals surface area contributed by atoms with Gasteiger partial charge in [0.05, 0.1) is 10.4 Å². The van der Waals surface area contributed by atoms with E-state index >= 15 is 0 Å². The number of fused-ring (bicyclic) bond motifs is 3. The Morgan fingerprint density at radius 2 is 2.29 bits per heavy atom. The zero-order valence-corrected chi connectivity index (χ0v) is 13.5. The molecule has 0 radical (unpaired) electrons. The Morgan fingerprint density at radius 3 is 3.14 bits per heavy atom. The number of carbonyl (C=O) groups is 1. The Labute approximate surface area is 130 Å². The molecule has 2 unspecified atom stereocenters. The molecule has 0 aliphatic heterocycles. The lowest BCUT2D eigenvalue weighted by molar-refractivity contribution is 0.0914. The molecule has 6 heteroatoms. The van der Waals surface area contributed by atoms with Crippen molar-refractivity contribution in [1.29, 1.82) is 0 Å². The number of nitrogens with one attached hydrogen (secondary N) is 1.